The number of rotatable bonds is 2. The highest BCUT2D eigenvalue weighted by Gasteiger charge is 2.23. The second kappa shape index (κ2) is 5.43. The molecule has 2 heteroatoms. The standard InChI is InChI=1S/C18H24N2/c1-4-14-9-11-15(12-10-14)18-16-7-5-6-8-17(16)20(19-18)13(2)3/h4-8,13,15H,9-12H2,1-3H3. The van der Waals surface area contributed by atoms with Crippen molar-refractivity contribution in [3.63, 3.8) is 0 Å². The third-order valence-corrected chi connectivity index (χ3v) is 4.55. The predicted octanol–water partition coefficient (Wildman–Crippen LogP) is 5.22. The molecule has 1 aromatic heterocycles. The van der Waals surface area contributed by atoms with E-state index >= 15 is 0 Å². The number of para-hydroxylation sites is 1. The molecule has 106 valence electrons. The molecule has 0 saturated heterocycles. The number of aromatic nitrogens is 2. The van der Waals surface area contributed by atoms with Gasteiger partial charge in [-0.1, -0.05) is 29.8 Å². The van der Waals surface area contributed by atoms with E-state index in [1.54, 1.807) is 5.57 Å². The Kier molecular flexibility index (Phi) is 3.64. The van der Waals surface area contributed by atoms with Crippen LogP contribution >= 0.6 is 0 Å². The van der Waals surface area contributed by atoms with E-state index in [2.05, 4.69) is 55.8 Å². The Morgan fingerprint density at radius 2 is 1.90 bits per heavy atom. The van der Waals surface area contributed by atoms with E-state index in [0.717, 1.165) is 0 Å². The first-order chi connectivity index (χ1) is 9.70. The van der Waals surface area contributed by atoms with Crippen molar-refractivity contribution in [1.82, 2.24) is 9.78 Å². The summed E-state index contributed by atoms with van der Waals surface area (Å²) in [6.07, 6.45) is 7.27. The minimum absolute atomic E-state index is 0.420. The summed E-state index contributed by atoms with van der Waals surface area (Å²) in [7, 11) is 0. The largest absolute Gasteiger partial charge is 0.262 e. The summed E-state index contributed by atoms with van der Waals surface area (Å²) in [4.78, 5) is 0. The van der Waals surface area contributed by atoms with E-state index < -0.39 is 0 Å². The molecule has 1 aliphatic carbocycles. The van der Waals surface area contributed by atoms with Crippen molar-refractivity contribution in [2.75, 3.05) is 0 Å². The zero-order chi connectivity index (χ0) is 14.1. The van der Waals surface area contributed by atoms with Gasteiger partial charge in [0, 0.05) is 17.3 Å². The maximum Gasteiger partial charge on any atom is 0.0734 e. The summed E-state index contributed by atoms with van der Waals surface area (Å²) in [5.41, 5.74) is 4.23. The molecule has 3 rings (SSSR count). The minimum Gasteiger partial charge on any atom is -0.262 e. The molecule has 0 amide bonds. The SMILES string of the molecule is CC=C1CCC(c2nn(C(C)C)c3ccccc23)CC1. The molecule has 1 aliphatic rings. The zero-order valence-corrected chi connectivity index (χ0v) is 12.8. The van der Waals surface area contributed by atoms with Crippen LogP contribution in [0.4, 0.5) is 0 Å². The van der Waals surface area contributed by atoms with E-state index in [9.17, 15) is 0 Å². The summed E-state index contributed by atoms with van der Waals surface area (Å²) in [6.45, 7) is 6.59. The molecule has 1 saturated carbocycles. The number of hydrogen-bond acceptors (Lipinski definition) is 1. The second-order valence-corrected chi connectivity index (χ2v) is 6.16. The maximum absolute atomic E-state index is 4.96. The predicted molar refractivity (Wildman–Crippen MR) is 85.1 cm³/mol. The number of fused-ring (bicyclic) bond motifs is 1. The van der Waals surface area contributed by atoms with Crippen LogP contribution in [0.2, 0.25) is 0 Å². The van der Waals surface area contributed by atoms with Gasteiger partial charge in [0.2, 0.25) is 0 Å². The lowest BCUT2D eigenvalue weighted by Crippen LogP contribution is -2.09. The van der Waals surface area contributed by atoms with Gasteiger partial charge in [-0.05, 0) is 52.5 Å². The normalized spacial score (nSPS) is 19.8. The quantitative estimate of drug-likeness (QED) is 0.683. The molecule has 20 heavy (non-hydrogen) atoms. The summed E-state index contributed by atoms with van der Waals surface area (Å²) < 4.78 is 2.19. The van der Waals surface area contributed by atoms with Crippen molar-refractivity contribution in [2.45, 2.75) is 58.4 Å². The molecule has 1 heterocycles. The molecule has 0 spiro atoms. The molecular formula is C18H24N2. The van der Waals surface area contributed by atoms with Gasteiger partial charge in [0.1, 0.15) is 0 Å². The van der Waals surface area contributed by atoms with Gasteiger partial charge in [-0.15, -0.1) is 0 Å². The second-order valence-electron chi connectivity index (χ2n) is 6.16. The lowest BCUT2D eigenvalue weighted by molar-refractivity contribution is 0.483. The summed E-state index contributed by atoms with van der Waals surface area (Å²) in [5, 5.41) is 6.32. The van der Waals surface area contributed by atoms with E-state index in [4.69, 9.17) is 5.10 Å². The monoisotopic (exact) mass is 268 g/mol. The molecule has 0 atom stereocenters. The molecule has 2 nitrogen and oxygen atoms in total. The topological polar surface area (TPSA) is 17.8 Å². The average molecular weight is 268 g/mol. The van der Waals surface area contributed by atoms with Gasteiger partial charge in [0.15, 0.2) is 0 Å². The first-order valence-electron chi connectivity index (χ1n) is 7.82. The lowest BCUT2D eigenvalue weighted by Gasteiger charge is -2.22. The summed E-state index contributed by atoms with van der Waals surface area (Å²) >= 11 is 0. The number of benzene rings is 1. The van der Waals surface area contributed by atoms with Crippen molar-refractivity contribution < 1.29 is 0 Å². The highest BCUT2D eigenvalue weighted by molar-refractivity contribution is 5.82. The Hall–Kier alpha value is -1.57. The molecular weight excluding hydrogens is 244 g/mol. The average Bonchev–Trinajstić information content (AvgIpc) is 2.87. The van der Waals surface area contributed by atoms with Crippen LogP contribution in [0.25, 0.3) is 10.9 Å². The first kappa shape index (κ1) is 13.4. The minimum atomic E-state index is 0.420. The third-order valence-electron chi connectivity index (χ3n) is 4.55. The molecule has 0 bridgehead atoms. The smallest absolute Gasteiger partial charge is 0.0734 e. The van der Waals surface area contributed by atoms with Gasteiger partial charge >= 0.3 is 0 Å². The van der Waals surface area contributed by atoms with Crippen molar-refractivity contribution in [3.8, 4) is 0 Å². The van der Waals surface area contributed by atoms with Crippen LogP contribution in [-0.4, -0.2) is 9.78 Å². The van der Waals surface area contributed by atoms with Crippen LogP contribution in [0.3, 0.4) is 0 Å². The first-order valence-corrected chi connectivity index (χ1v) is 7.82. The Morgan fingerprint density at radius 1 is 1.20 bits per heavy atom. The Balaban J connectivity index is 2.00. The number of nitrogens with zero attached hydrogens (tertiary/aromatic N) is 2. The van der Waals surface area contributed by atoms with Gasteiger partial charge < -0.3 is 0 Å². The van der Waals surface area contributed by atoms with Gasteiger partial charge in [-0.3, -0.25) is 4.68 Å². The van der Waals surface area contributed by atoms with Crippen LogP contribution < -0.4 is 0 Å². The fourth-order valence-electron chi connectivity index (χ4n) is 3.36. The lowest BCUT2D eigenvalue weighted by atomic mass is 9.83. The highest BCUT2D eigenvalue weighted by Crippen LogP contribution is 2.38. The van der Waals surface area contributed by atoms with Crippen LogP contribution in [0.5, 0.6) is 0 Å². The van der Waals surface area contributed by atoms with Crippen molar-refractivity contribution >= 4 is 10.9 Å². The summed E-state index contributed by atoms with van der Waals surface area (Å²) in [6, 6.07) is 9.11. The maximum atomic E-state index is 4.96. The van der Waals surface area contributed by atoms with Crippen LogP contribution in [0.15, 0.2) is 35.9 Å². The van der Waals surface area contributed by atoms with Gasteiger partial charge in [0.05, 0.1) is 11.2 Å². The van der Waals surface area contributed by atoms with Crippen LogP contribution in [0.1, 0.15) is 64.1 Å². The zero-order valence-electron chi connectivity index (χ0n) is 12.8. The van der Waals surface area contributed by atoms with Crippen molar-refractivity contribution in [2.24, 2.45) is 0 Å². The molecule has 0 unspecified atom stereocenters. The van der Waals surface area contributed by atoms with E-state index in [-0.39, 0.29) is 0 Å². The molecule has 0 radical (unpaired) electrons. The molecule has 1 fully saturated rings. The van der Waals surface area contributed by atoms with Crippen LogP contribution in [-0.2, 0) is 0 Å². The molecule has 2 aromatic rings. The van der Waals surface area contributed by atoms with E-state index in [0.29, 0.717) is 12.0 Å². The fourth-order valence-corrected chi connectivity index (χ4v) is 3.36. The number of allylic oxidation sites excluding steroid dienone is 2. The number of hydrogen-bond donors (Lipinski definition) is 0. The Morgan fingerprint density at radius 3 is 2.55 bits per heavy atom. The summed E-state index contributed by atoms with van der Waals surface area (Å²) in [5.74, 6) is 0.628. The molecule has 0 N–H and O–H groups in total. The van der Waals surface area contributed by atoms with Gasteiger partial charge in [-0.25, -0.2) is 0 Å². The van der Waals surface area contributed by atoms with Crippen LogP contribution in [0, 0.1) is 0 Å². The molecule has 0 aliphatic heterocycles. The van der Waals surface area contributed by atoms with E-state index in [1.807, 2.05) is 0 Å². The van der Waals surface area contributed by atoms with Crippen molar-refractivity contribution in [1.29, 1.82) is 0 Å². The highest BCUT2D eigenvalue weighted by atomic mass is 15.3. The fraction of sp³-hybridized carbons (Fsp3) is 0.500. The van der Waals surface area contributed by atoms with E-state index in [1.165, 1.54) is 42.3 Å². The van der Waals surface area contributed by atoms with Crippen molar-refractivity contribution in [3.05, 3.63) is 41.6 Å². The third kappa shape index (κ3) is 2.28. The van der Waals surface area contributed by atoms with Gasteiger partial charge in [-0.2, -0.15) is 5.10 Å². The van der Waals surface area contributed by atoms with Gasteiger partial charge in [0.25, 0.3) is 0 Å². The molecule has 1 aromatic carbocycles. The Bertz CT molecular complexity index is 624. The Labute approximate surface area is 121 Å².